The van der Waals surface area contributed by atoms with Crippen LogP contribution in [0.25, 0.3) is 0 Å². The molecule has 3 heteroatoms. The highest BCUT2D eigenvalue weighted by Gasteiger charge is 2.49. The number of unbranched alkanes of at least 4 members (excludes halogenated alkanes) is 9. The van der Waals surface area contributed by atoms with E-state index in [2.05, 4.69) is 147 Å². The molecule has 0 N–H and O–H groups in total. The fourth-order valence-electron chi connectivity index (χ4n) is 12.1. The quantitative estimate of drug-likeness (QED) is 0.0993. The molecule has 0 amide bonds. The van der Waals surface area contributed by atoms with E-state index in [4.69, 9.17) is 0 Å². The average molecular weight is 747 g/mol. The van der Waals surface area contributed by atoms with Crippen molar-refractivity contribution in [2.24, 2.45) is 0 Å². The Morgan fingerprint density at radius 2 is 0.893 bits per heavy atom. The lowest BCUT2D eigenvalue weighted by molar-refractivity contribution is 0.403. The molecular weight excluding hydrogens is 675 g/mol. The number of fused-ring (bicyclic) bond motifs is 7. The molecule has 4 aromatic rings. The van der Waals surface area contributed by atoms with Gasteiger partial charge in [0.25, 0.3) is 6.71 Å². The molecule has 0 fully saturated rings. The minimum Gasteiger partial charge on any atom is -0.342 e. The second kappa shape index (κ2) is 14.4. The van der Waals surface area contributed by atoms with Crippen LogP contribution in [0.15, 0.2) is 60.7 Å². The molecular formula is C53H71BN2. The molecule has 0 bridgehead atoms. The molecule has 2 heterocycles. The minimum absolute atomic E-state index is 0.0875. The zero-order valence-corrected chi connectivity index (χ0v) is 37.1. The summed E-state index contributed by atoms with van der Waals surface area (Å²) in [7, 11) is 0. The SMILES string of the molecule is CCCCCCCCN1c2cc3c(cc2B2c4cc5c(cc4N(CCCCCCC)c4cc(C)cc1c42)C(C)(C)CC5(C)C)C(C)(C)c1ccccc1C3(C)C. The van der Waals surface area contributed by atoms with Crippen LogP contribution in [0.5, 0.6) is 0 Å². The monoisotopic (exact) mass is 747 g/mol. The highest BCUT2D eigenvalue weighted by atomic mass is 15.2. The molecule has 0 saturated heterocycles. The lowest BCUT2D eigenvalue weighted by atomic mass is 9.33. The van der Waals surface area contributed by atoms with Gasteiger partial charge < -0.3 is 9.80 Å². The van der Waals surface area contributed by atoms with Crippen LogP contribution in [0.3, 0.4) is 0 Å². The molecule has 8 rings (SSSR count). The van der Waals surface area contributed by atoms with Gasteiger partial charge in [0.15, 0.2) is 0 Å². The number of hydrogen-bond donors (Lipinski definition) is 0. The topological polar surface area (TPSA) is 6.48 Å². The number of anilines is 4. The average Bonchev–Trinajstić information content (AvgIpc) is 3.34. The first-order chi connectivity index (χ1) is 26.6. The summed E-state index contributed by atoms with van der Waals surface area (Å²) in [5, 5.41) is 0. The highest BCUT2D eigenvalue weighted by Crippen LogP contribution is 2.53. The number of rotatable bonds is 13. The van der Waals surface area contributed by atoms with Crippen molar-refractivity contribution in [2.45, 2.75) is 175 Å². The Kier molecular flexibility index (Phi) is 10.1. The Morgan fingerprint density at radius 1 is 0.482 bits per heavy atom. The van der Waals surface area contributed by atoms with Crippen LogP contribution < -0.4 is 26.2 Å². The van der Waals surface area contributed by atoms with Crippen LogP contribution in [0.2, 0.25) is 0 Å². The first-order valence-electron chi connectivity index (χ1n) is 22.8. The molecule has 0 atom stereocenters. The molecule has 0 radical (unpaired) electrons. The Labute approximate surface area is 342 Å². The molecule has 0 unspecified atom stereocenters. The summed E-state index contributed by atoms with van der Waals surface area (Å²) in [6.07, 6.45) is 15.5. The molecule has 296 valence electrons. The summed E-state index contributed by atoms with van der Waals surface area (Å²) >= 11 is 0. The predicted octanol–water partition coefficient (Wildman–Crippen LogP) is 12.7. The van der Waals surface area contributed by atoms with E-state index in [1.807, 2.05) is 0 Å². The van der Waals surface area contributed by atoms with Crippen LogP contribution in [0.1, 0.15) is 185 Å². The molecule has 56 heavy (non-hydrogen) atoms. The maximum absolute atomic E-state index is 2.80. The van der Waals surface area contributed by atoms with Gasteiger partial charge in [-0.3, -0.25) is 0 Å². The molecule has 0 saturated carbocycles. The van der Waals surface area contributed by atoms with Gasteiger partial charge in [-0.05, 0) is 117 Å². The van der Waals surface area contributed by atoms with Crippen molar-refractivity contribution < 1.29 is 0 Å². The second-order valence-electron chi connectivity index (χ2n) is 20.8. The first-order valence-corrected chi connectivity index (χ1v) is 22.8. The molecule has 0 spiro atoms. The maximum atomic E-state index is 2.80. The fourth-order valence-corrected chi connectivity index (χ4v) is 12.1. The van der Waals surface area contributed by atoms with E-state index in [1.165, 1.54) is 139 Å². The van der Waals surface area contributed by atoms with Crippen LogP contribution >= 0.6 is 0 Å². The smallest absolute Gasteiger partial charge is 0.252 e. The largest absolute Gasteiger partial charge is 0.342 e. The molecule has 2 aliphatic carbocycles. The number of benzene rings is 4. The van der Waals surface area contributed by atoms with Crippen LogP contribution in [-0.2, 0) is 21.7 Å². The third kappa shape index (κ3) is 6.28. The summed E-state index contributed by atoms with van der Waals surface area (Å²) in [4.78, 5) is 5.59. The summed E-state index contributed by atoms with van der Waals surface area (Å²) in [6.45, 7) is 29.3. The molecule has 4 aliphatic rings. The van der Waals surface area contributed by atoms with Crippen LogP contribution in [-0.4, -0.2) is 19.8 Å². The van der Waals surface area contributed by atoms with Crippen molar-refractivity contribution in [3.8, 4) is 0 Å². The van der Waals surface area contributed by atoms with Gasteiger partial charge in [-0.2, -0.15) is 0 Å². The molecule has 4 aromatic carbocycles. The van der Waals surface area contributed by atoms with Gasteiger partial charge in [-0.1, -0.05) is 163 Å². The van der Waals surface area contributed by atoms with Crippen molar-refractivity contribution in [3.05, 3.63) is 99.6 Å². The van der Waals surface area contributed by atoms with E-state index < -0.39 is 0 Å². The van der Waals surface area contributed by atoms with Crippen molar-refractivity contribution in [3.63, 3.8) is 0 Å². The summed E-state index contributed by atoms with van der Waals surface area (Å²) < 4.78 is 0. The highest BCUT2D eigenvalue weighted by molar-refractivity contribution is 7.00. The maximum Gasteiger partial charge on any atom is 0.252 e. The first kappa shape index (κ1) is 39.4. The standard InChI is InChI=1S/C53H71BN2/c1-12-14-16-18-20-24-28-56-46-34-42-41(52(8,9)37-25-21-22-26-38(37)53(42,10)11)32-44(46)54-43-31-39-40(51(6,7)35-50(39,4)5)33-45(43)55(27-23-19-17-15-13-2)47-29-36(3)30-48(56)49(47)54/h21-22,25-26,29-34H,12-20,23-24,27-28,35H2,1-11H3. The fraction of sp³-hybridized carbons (Fsp3) is 0.547. The number of nitrogens with zero attached hydrogens (tertiary/aromatic N) is 2. The summed E-state index contributed by atoms with van der Waals surface area (Å²) in [5.41, 5.74) is 21.1. The Morgan fingerprint density at radius 3 is 1.39 bits per heavy atom. The molecule has 2 nitrogen and oxygen atoms in total. The summed E-state index contributed by atoms with van der Waals surface area (Å²) in [5.74, 6) is 0. The Hall–Kier alpha value is -3.46. The van der Waals surface area contributed by atoms with Crippen molar-refractivity contribution in [1.29, 1.82) is 0 Å². The number of aryl methyl sites for hydroxylation is 1. The van der Waals surface area contributed by atoms with Gasteiger partial charge in [0, 0.05) is 46.7 Å². The second-order valence-corrected chi connectivity index (χ2v) is 20.8. The van der Waals surface area contributed by atoms with Crippen molar-refractivity contribution in [1.82, 2.24) is 0 Å². The molecule has 0 aromatic heterocycles. The van der Waals surface area contributed by atoms with E-state index in [9.17, 15) is 0 Å². The summed E-state index contributed by atoms with van der Waals surface area (Å²) in [6, 6.07) is 25.2. The third-order valence-corrected chi connectivity index (χ3v) is 14.9. The van der Waals surface area contributed by atoms with Gasteiger partial charge in [0.05, 0.1) is 0 Å². The Balaban J connectivity index is 1.37. The van der Waals surface area contributed by atoms with Crippen LogP contribution in [0.4, 0.5) is 22.7 Å². The zero-order valence-electron chi connectivity index (χ0n) is 37.1. The normalized spacial score (nSPS) is 18.5. The van der Waals surface area contributed by atoms with Gasteiger partial charge >= 0.3 is 0 Å². The van der Waals surface area contributed by atoms with Gasteiger partial charge in [-0.25, -0.2) is 0 Å². The third-order valence-electron chi connectivity index (χ3n) is 14.9. The van der Waals surface area contributed by atoms with Crippen molar-refractivity contribution in [2.75, 3.05) is 22.9 Å². The predicted molar refractivity (Wildman–Crippen MR) is 246 cm³/mol. The van der Waals surface area contributed by atoms with Crippen LogP contribution in [0, 0.1) is 6.92 Å². The molecule has 2 aliphatic heterocycles. The van der Waals surface area contributed by atoms with E-state index in [1.54, 1.807) is 16.6 Å². The van der Waals surface area contributed by atoms with E-state index in [0.717, 1.165) is 13.1 Å². The van der Waals surface area contributed by atoms with E-state index in [0.29, 0.717) is 0 Å². The zero-order chi connectivity index (χ0) is 39.8. The van der Waals surface area contributed by atoms with E-state index in [-0.39, 0.29) is 28.4 Å². The Bertz CT molecular complexity index is 2130. The van der Waals surface area contributed by atoms with E-state index >= 15 is 0 Å². The van der Waals surface area contributed by atoms with Gasteiger partial charge in [-0.15, -0.1) is 0 Å². The van der Waals surface area contributed by atoms with Crippen molar-refractivity contribution >= 4 is 45.9 Å². The van der Waals surface area contributed by atoms with Gasteiger partial charge in [0.1, 0.15) is 0 Å². The lowest BCUT2D eigenvalue weighted by Crippen LogP contribution is -2.63. The minimum atomic E-state index is -0.0943. The van der Waals surface area contributed by atoms with Gasteiger partial charge in [0.2, 0.25) is 0 Å². The lowest BCUT2D eigenvalue weighted by Gasteiger charge is -2.48. The number of hydrogen-bond acceptors (Lipinski definition) is 2.